The van der Waals surface area contributed by atoms with E-state index in [1.54, 1.807) is 6.26 Å². The maximum atomic E-state index is 6.13. The summed E-state index contributed by atoms with van der Waals surface area (Å²) in [5.74, 6) is 0.200. The first-order chi connectivity index (χ1) is 9.80. The summed E-state index contributed by atoms with van der Waals surface area (Å²) in [6.07, 6.45) is 3.64. The standard InChI is InChI=1S/C17H13ClO2/c18-14-8-6-13(7-9-14)17(12-4-2-1-3-5-12)15-10-11-19-16(15)20-17/h1-11,15-16H/t15?,16-,17?/m1/s1. The van der Waals surface area contributed by atoms with E-state index in [4.69, 9.17) is 21.1 Å². The molecule has 0 radical (unpaired) electrons. The SMILES string of the molecule is Clc1ccc(C2(c3ccccc3)O[C@H]3OC=CC32)cc1. The van der Waals surface area contributed by atoms with Gasteiger partial charge in [0.1, 0.15) is 5.60 Å². The molecule has 1 fully saturated rings. The Balaban J connectivity index is 1.86. The van der Waals surface area contributed by atoms with Crippen LogP contribution in [0.25, 0.3) is 0 Å². The molecule has 0 spiro atoms. The fourth-order valence-electron chi connectivity index (χ4n) is 3.07. The van der Waals surface area contributed by atoms with Gasteiger partial charge in [0.05, 0.1) is 12.2 Å². The van der Waals surface area contributed by atoms with Gasteiger partial charge in [-0.05, 0) is 29.3 Å². The largest absolute Gasteiger partial charge is 0.472 e. The maximum Gasteiger partial charge on any atom is 0.210 e. The average molecular weight is 285 g/mol. The summed E-state index contributed by atoms with van der Waals surface area (Å²) in [4.78, 5) is 0. The molecular weight excluding hydrogens is 272 g/mol. The van der Waals surface area contributed by atoms with E-state index < -0.39 is 5.60 Å². The molecule has 2 heterocycles. The van der Waals surface area contributed by atoms with Crippen molar-refractivity contribution in [3.63, 3.8) is 0 Å². The Bertz CT molecular complexity index is 650. The number of hydrogen-bond donors (Lipinski definition) is 0. The molecule has 2 aliphatic heterocycles. The molecular formula is C17H13ClO2. The molecule has 0 aromatic heterocycles. The lowest BCUT2D eigenvalue weighted by Crippen LogP contribution is -2.56. The highest BCUT2D eigenvalue weighted by Crippen LogP contribution is 2.54. The van der Waals surface area contributed by atoms with E-state index in [1.807, 2.05) is 42.5 Å². The van der Waals surface area contributed by atoms with E-state index in [0.29, 0.717) is 0 Å². The average Bonchev–Trinajstić information content (AvgIpc) is 2.85. The molecule has 100 valence electrons. The minimum absolute atomic E-state index is 0.175. The van der Waals surface area contributed by atoms with Crippen LogP contribution in [0.4, 0.5) is 0 Å². The molecule has 0 aliphatic carbocycles. The predicted molar refractivity (Wildman–Crippen MR) is 77.3 cm³/mol. The number of hydrogen-bond acceptors (Lipinski definition) is 2. The Labute approximate surface area is 122 Å². The minimum Gasteiger partial charge on any atom is -0.472 e. The van der Waals surface area contributed by atoms with Gasteiger partial charge in [-0.1, -0.05) is 54.1 Å². The molecule has 2 aliphatic rings. The van der Waals surface area contributed by atoms with Crippen LogP contribution in [-0.4, -0.2) is 6.29 Å². The lowest BCUT2D eigenvalue weighted by molar-refractivity contribution is -0.302. The zero-order valence-corrected chi connectivity index (χ0v) is 11.5. The molecule has 3 heteroatoms. The van der Waals surface area contributed by atoms with Gasteiger partial charge in [0.15, 0.2) is 0 Å². The number of rotatable bonds is 2. The third-order valence-corrected chi connectivity index (χ3v) is 4.29. The highest BCUT2D eigenvalue weighted by Gasteiger charge is 2.59. The van der Waals surface area contributed by atoms with Crippen LogP contribution in [0.1, 0.15) is 11.1 Å². The summed E-state index contributed by atoms with van der Waals surface area (Å²) in [6, 6.07) is 18.1. The molecule has 0 N–H and O–H groups in total. The van der Waals surface area contributed by atoms with Crippen LogP contribution < -0.4 is 0 Å². The van der Waals surface area contributed by atoms with Gasteiger partial charge in [0, 0.05) is 5.02 Å². The van der Waals surface area contributed by atoms with Crippen LogP contribution in [0.2, 0.25) is 5.02 Å². The van der Waals surface area contributed by atoms with Crippen LogP contribution in [-0.2, 0) is 15.1 Å². The van der Waals surface area contributed by atoms with Crippen molar-refractivity contribution in [3.05, 3.63) is 83.1 Å². The predicted octanol–water partition coefficient (Wildman–Crippen LogP) is 4.10. The van der Waals surface area contributed by atoms with Crippen LogP contribution in [0.3, 0.4) is 0 Å². The zero-order valence-electron chi connectivity index (χ0n) is 10.7. The van der Waals surface area contributed by atoms with Gasteiger partial charge >= 0.3 is 0 Å². The maximum absolute atomic E-state index is 6.13. The molecule has 2 aromatic rings. The molecule has 4 rings (SSSR count). The van der Waals surface area contributed by atoms with Crippen molar-refractivity contribution in [2.24, 2.45) is 5.92 Å². The number of benzene rings is 2. The summed E-state index contributed by atoms with van der Waals surface area (Å²) in [5.41, 5.74) is 1.77. The van der Waals surface area contributed by atoms with Crippen molar-refractivity contribution in [1.82, 2.24) is 0 Å². The second-order valence-corrected chi connectivity index (χ2v) is 5.52. The Morgan fingerprint density at radius 2 is 1.60 bits per heavy atom. The van der Waals surface area contributed by atoms with Crippen LogP contribution >= 0.6 is 11.6 Å². The third-order valence-electron chi connectivity index (χ3n) is 4.04. The van der Waals surface area contributed by atoms with Gasteiger partial charge in [0.2, 0.25) is 6.29 Å². The molecule has 0 bridgehead atoms. The topological polar surface area (TPSA) is 18.5 Å². The number of ether oxygens (including phenoxy) is 2. The van der Waals surface area contributed by atoms with Gasteiger partial charge < -0.3 is 9.47 Å². The highest BCUT2D eigenvalue weighted by atomic mass is 35.5. The fourth-order valence-corrected chi connectivity index (χ4v) is 3.20. The molecule has 3 atom stereocenters. The lowest BCUT2D eigenvalue weighted by Gasteiger charge is -2.51. The Morgan fingerprint density at radius 1 is 0.900 bits per heavy atom. The van der Waals surface area contributed by atoms with E-state index in [1.165, 1.54) is 0 Å². The van der Waals surface area contributed by atoms with Gasteiger partial charge in [-0.15, -0.1) is 0 Å². The first kappa shape index (κ1) is 12.0. The van der Waals surface area contributed by atoms with Crippen molar-refractivity contribution in [1.29, 1.82) is 0 Å². The molecule has 0 saturated carbocycles. The van der Waals surface area contributed by atoms with Gasteiger partial charge in [-0.2, -0.15) is 0 Å². The summed E-state index contributed by atoms with van der Waals surface area (Å²) in [5, 5.41) is 0.728. The van der Waals surface area contributed by atoms with E-state index >= 15 is 0 Å². The van der Waals surface area contributed by atoms with Crippen molar-refractivity contribution in [2.45, 2.75) is 11.9 Å². The first-order valence-electron chi connectivity index (χ1n) is 6.62. The smallest absolute Gasteiger partial charge is 0.210 e. The molecule has 2 aromatic carbocycles. The van der Waals surface area contributed by atoms with Crippen molar-refractivity contribution in [3.8, 4) is 0 Å². The van der Waals surface area contributed by atoms with Crippen LogP contribution in [0.5, 0.6) is 0 Å². The van der Waals surface area contributed by atoms with E-state index in [0.717, 1.165) is 16.1 Å². The van der Waals surface area contributed by atoms with Crippen molar-refractivity contribution in [2.75, 3.05) is 0 Å². The Hall–Kier alpha value is -1.77. The molecule has 0 amide bonds. The van der Waals surface area contributed by atoms with E-state index in [9.17, 15) is 0 Å². The normalized spacial score (nSPS) is 30.4. The minimum atomic E-state index is -0.469. The van der Waals surface area contributed by atoms with E-state index in [-0.39, 0.29) is 12.2 Å². The third kappa shape index (κ3) is 1.55. The summed E-state index contributed by atoms with van der Waals surface area (Å²) in [7, 11) is 0. The quantitative estimate of drug-likeness (QED) is 0.826. The van der Waals surface area contributed by atoms with Gasteiger partial charge in [0.25, 0.3) is 0 Å². The Kier molecular flexibility index (Phi) is 2.62. The first-order valence-corrected chi connectivity index (χ1v) is 7.00. The summed E-state index contributed by atoms with van der Waals surface area (Å²) >= 11 is 6.00. The van der Waals surface area contributed by atoms with Crippen LogP contribution in [0.15, 0.2) is 66.9 Å². The molecule has 20 heavy (non-hydrogen) atoms. The highest BCUT2D eigenvalue weighted by molar-refractivity contribution is 6.30. The van der Waals surface area contributed by atoms with Crippen molar-refractivity contribution < 1.29 is 9.47 Å². The summed E-state index contributed by atoms with van der Waals surface area (Å²) in [6.45, 7) is 0. The molecule has 1 saturated heterocycles. The van der Waals surface area contributed by atoms with Crippen molar-refractivity contribution >= 4 is 11.6 Å². The van der Waals surface area contributed by atoms with Gasteiger partial charge in [-0.25, -0.2) is 0 Å². The van der Waals surface area contributed by atoms with Crippen LogP contribution in [0, 0.1) is 5.92 Å². The summed E-state index contributed by atoms with van der Waals surface area (Å²) < 4.78 is 11.6. The number of fused-ring (bicyclic) bond motifs is 1. The zero-order chi connectivity index (χ0) is 13.6. The van der Waals surface area contributed by atoms with E-state index in [2.05, 4.69) is 18.2 Å². The monoisotopic (exact) mass is 284 g/mol. The Morgan fingerprint density at radius 3 is 2.30 bits per heavy atom. The van der Waals surface area contributed by atoms with Gasteiger partial charge in [-0.3, -0.25) is 0 Å². The number of halogens is 1. The second kappa shape index (κ2) is 4.37. The second-order valence-electron chi connectivity index (χ2n) is 5.09. The fraction of sp³-hybridized carbons (Fsp3) is 0.176. The lowest BCUT2D eigenvalue weighted by atomic mass is 9.71. The molecule has 2 unspecified atom stereocenters. The molecule has 2 nitrogen and oxygen atoms in total.